The second-order valence-corrected chi connectivity index (χ2v) is 18.6. The van der Waals surface area contributed by atoms with Crippen LogP contribution in [0.5, 0.6) is 5.75 Å². The van der Waals surface area contributed by atoms with Crippen LogP contribution in [0.1, 0.15) is 80.5 Å². The number of anilines is 1. The first-order chi connectivity index (χ1) is 30.0. The zero-order chi connectivity index (χ0) is 43.1. The summed E-state index contributed by atoms with van der Waals surface area (Å²) in [7, 11) is 0. The topological polar surface area (TPSA) is 161 Å². The van der Waals surface area contributed by atoms with E-state index in [0.717, 1.165) is 84.0 Å². The van der Waals surface area contributed by atoms with Crippen LogP contribution < -0.4 is 10.2 Å². The van der Waals surface area contributed by atoms with Crippen LogP contribution in [0.25, 0.3) is 32.6 Å². The number of aliphatic hydroxyl groups is 1. The normalized spacial score (nSPS) is 19.8. The summed E-state index contributed by atoms with van der Waals surface area (Å²) < 4.78 is 5.91. The second-order valence-electron chi connectivity index (χ2n) is 17.7. The van der Waals surface area contributed by atoms with Gasteiger partial charge in [-0.1, -0.05) is 67.5 Å². The molecule has 3 aromatic carbocycles. The number of para-hydroxylation sites is 1. The van der Waals surface area contributed by atoms with Crippen molar-refractivity contribution in [1.29, 1.82) is 0 Å². The number of amides is 2. The molecule has 0 unspecified atom stereocenters. The van der Waals surface area contributed by atoms with Crippen molar-refractivity contribution >= 4 is 39.9 Å². The Morgan fingerprint density at radius 2 is 1.73 bits per heavy atom. The number of fused-ring (bicyclic) bond motifs is 1. The molecule has 0 radical (unpaired) electrons. The van der Waals surface area contributed by atoms with Gasteiger partial charge in [-0.25, -0.2) is 4.98 Å². The van der Waals surface area contributed by atoms with Gasteiger partial charge < -0.3 is 34.8 Å². The number of rotatable bonds is 12. The fourth-order valence-corrected chi connectivity index (χ4v) is 10.3. The summed E-state index contributed by atoms with van der Waals surface area (Å²) in [5.74, 6) is 1.15. The highest BCUT2D eigenvalue weighted by Gasteiger charge is 2.44. The van der Waals surface area contributed by atoms with Gasteiger partial charge in [0.05, 0.1) is 39.4 Å². The van der Waals surface area contributed by atoms with Crippen LogP contribution in [-0.4, -0.2) is 104 Å². The Kier molecular flexibility index (Phi) is 11.8. The molecular weight excluding hydrogens is 801 g/mol. The smallest absolute Gasteiger partial charge is 0.243 e. The van der Waals surface area contributed by atoms with Crippen molar-refractivity contribution < 1.29 is 24.3 Å². The van der Waals surface area contributed by atoms with Crippen molar-refractivity contribution in [1.82, 2.24) is 35.5 Å². The maximum absolute atomic E-state index is 14.3. The molecule has 14 heteroatoms. The molecule has 0 spiro atoms. The first-order valence-corrected chi connectivity index (χ1v) is 22.7. The number of phenolic OH excluding ortho intramolecular Hbond substituents is 1. The van der Waals surface area contributed by atoms with Crippen LogP contribution in [-0.2, 0) is 9.59 Å². The number of aromatic hydroxyl groups is 1. The molecule has 3 N–H and O–H groups in total. The predicted molar refractivity (Wildman–Crippen MR) is 240 cm³/mol. The Morgan fingerprint density at radius 1 is 0.952 bits per heavy atom. The van der Waals surface area contributed by atoms with Crippen molar-refractivity contribution in [3.8, 4) is 27.4 Å². The number of aryl methyl sites for hydroxylation is 1. The van der Waals surface area contributed by atoms with E-state index >= 15 is 0 Å². The molecule has 322 valence electrons. The first-order valence-electron chi connectivity index (χ1n) is 21.8. The van der Waals surface area contributed by atoms with Crippen LogP contribution in [0, 0.1) is 18.8 Å². The average molecular weight is 855 g/mol. The van der Waals surface area contributed by atoms with Gasteiger partial charge in [0, 0.05) is 68.6 Å². The standard InChI is InChI=1S/C48H54N8O5S/c1-28(2)45(48(60)56-26-37(57)21-41(56)47(59)50-29(3)32-9-11-33(12-10-32)46-30(4)49-27-62-46)43-22-44(53-61-43)55-17-15-31(16-18-55)23-54-24-36(25-54)34-13-14-35-20-40(52-51-39(35)19-34)38-7-5-6-8-42(38)58/h5-14,19-20,22,27-29,31,36-37,41,45,57-58H,15-18,21,23-26H2,1-4H3,(H,50,59)/t29-,37+,41-,45+/m0/s1. The lowest BCUT2D eigenvalue weighted by Gasteiger charge is -2.43. The Labute approximate surface area is 365 Å². The summed E-state index contributed by atoms with van der Waals surface area (Å²) in [5, 5.41) is 38.4. The number of hydrogen-bond donors (Lipinski definition) is 3. The number of nitrogens with zero attached hydrogens (tertiary/aromatic N) is 7. The van der Waals surface area contributed by atoms with Crippen LogP contribution in [0.15, 0.2) is 88.9 Å². The number of benzene rings is 3. The molecule has 3 aliphatic rings. The van der Waals surface area contributed by atoms with E-state index in [2.05, 4.69) is 53.7 Å². The quantitative estimate of drug-likeness (QED) is 0.113. The van der Waals surface area contributed by atoms with Crippen LogP contribution in [0.4, 0.5) is 5.82 Å². The van der Waals surface area contributed by atoms with Gasteiger partial charge in [-0.3, -0.25) is 9.59 Å². The summed E-state index contributed by atoms with van der Waals surface area (Å²) in [6.07, 6.45) is 1.46. The number of phenols is 1. The molecule has 2 amide bonds. The summed E-state index contributed by atoms with van der Waals surface area (Å²) in [4.78, 5) is 39.8. The molecule has 3 aliphatic heterocycles. The van der Waals surface area contributed by atoms with Gasteiger partial charge in [0.25, 0.3) is 0 Å². The maximum Gasteiger partial charge on any atom is 0.243 e. The van der Waals surface area contributed by atoms with Gasteiger partial charge in [0.1, 0.15) is 17.7 Å². The SMILES string of the molecule is Cc1ncsc1-c1ccc([C@H](C)NC(=O)[C@@H]2C[C@@H](O)CN2C(=O)[C@@H](c2cc(N3CCC(CN4CC(c5ccc6cc(-c7ccccc7O)nnc6c5)C4)CC3)no2)C(C)C)cc1. The zero-order valence-corrected chi connectivity index (χ0v) is 36.5. The highest BCUT2D eigenvalue weighted by Crippen LogP contribution is 2.36. The van der Waals surface area contributed by atoms with E-state index in [1.54, 1.807) is 23.5 Å². The number of likely N-dealkylation sites (tertiary alicyclic amines) is 2. The highest BCUT2D eigenvalue weighted by atomic mass is 32.1. The summed E-state index contributed by atoms with van der Waals surface area (Å²) in [5.41, 5.74) is 8.33. The van der Waals surface area contributed by atoms with Crippen molar-refractivity contribution in [2.75, 3.05) is 44.2 Å². The third kappa shape index (κ3) is 8.55. The number of piperidine rings is 1. The number of β-amino-alcohol motifs (C(OH)–C–C–N with tert-alkyl or cyclic N) is 1. The zero-order valence-electron chi connectivity index (χ0n) is 35.6. The van der Waals surface area contributed by atoms with Gasteiger partial charge in [-0.15, -0.1) is 21.5 Å². The molecule has 62 heavy (non-hydrogen) atoms. The molecule has 13 nitrogen and oxygen atoms in total. The lowest BCUT2D eigenvalue weighted by molar-refractivity contribution is -0.141. The van der Waals surface area contributed by atoms with Crippen LogP contribution in [0.2, 0.25) is 0 Å². The van der Waals surface area contributed by atoms with Crippen molar-refractivity contribution in [3.05, 3.63) is 107 Å². The molecule has 4 atom stereocenters. The Balaban J connectivity index is 0.767. The molecule has 6 aromatic rings. The van der Waals surface area contributed by atoms with E-state index in [1.165, 1.54) is 10.5 Å². The van der Waals surface area contributed by atoms with E-state index in [0.29, 0.717) is 28.9 Å². The van der Waals surface area contributed by atoms with E-state index in [4.69, 9.17) is 4.52 Å². The third-order valence-corrected chi connectivity index (χ3v) is 14.1. The molecule has 0 bridgehead atoms. The Morgan fingerprint density at radius 3 is 2.45 bits per heavy atom. The minimum atomic E-state index is -0.797. The minimum Gasteiger partial charge on any atom is -0.507 e. The van der Waals surface area contributed by atoms with Gasteiger partial charge in [-0.2, -0.15) is 0 Å². The van der Waals surface area contributed by atoms with Gasteiger partial charge in [-0.05, 0) is 79.5 Å². The van der Waals surface area contributed by atoms with Gasteiger partial charge in [0.2, 0.25) is 11.8 Å². The first kappa shape index (κ1) is 41.6. The number of nitrogens with one attached hydrogen (secondary N) is 1. The fraction of sp³-hybridized carbons (Fsp3) is 0.417. The Bertz CT molecular complexity index is 2540. The lowest BCUT2D eigenvalue weighted by Crippen LogP contribution is -2.48. The molecule has 0 saturated carbocycles. The Hall–Kier alpha value is -5.70. The van der Waals surface area contributed by atoms with Gasteiger partial charge >= 0.3 is 0 Å². The van der Waals surface area contributed by atoms with Crippen molar-refractivity contribution in [3.63, 3.8) is 0 Å². The highest BCUT2D eigenvalue weighted by molar-refractivity contribution is 7.13. The minimum absolute atomic E-state index is 0.0867. The van der Waals surface area contributed by atoms with E-state index < -0.39 is 18.1 Å². The monoisotopic (exact) mass is 854 g/mol. The summed E-state index contributed by atoms with van der Waals surface area (Å²) in [6.45, 7) is 12.8. The number of carbonyl (C=O) groups is 2. The lowest BCUT2D eigenvalue weighted by atomic mass is 9.88. The number of hydrogen-bond acceptors (Lipinski definition) is 12. The van der Waals surface area contributed by atoms with Gasteiger partial charge in [0.15, 0.2) is 11.6 Å². The molecule has 3 fully saturated rings. The molecular formula is C48H54N8O5S. The van der Waals surface area contributed by atoms with Crippen molar-refractivity contribution in [2.24, 2.45) is 11.8 Å². The number of aliphatic hydroxyl groups excluding tert-OH is 1. The fourth-order valence-electron chi connectivity index (χ4n) is 9.46. The van der Waals surface area contributed by atoms with E-state index in [9.17, 15) is 19.8 Å². The average Bonchev–Trinajstić information content (AvgIpc) is 4.02. The van der Waals surface area contributed by atoms with Crippen LogP contribution >= 0.6 is 11.3 Å². The molecule has 3 aromatic heterocycles. The third-order valence-electron chi connectivity index (χ3n) is 13.1. The molecule has 3 saturated heterocycles. The van der Waals surface area contributed by atoms with E-state index in [1.807, 2.05) is 81.7 Å². The number of aromatic nitrogens is 4. The predicted octanol–water partition coefficient (Wildman–Crippen LogP) is 7.32. The van der Waals surface area contributed by atoms with Crippen molar-refractivity contribution in [2.45, 2.75) is 77.0 Å². The van der Waals surface area contributed by atoms with Crippen LogP contribution in [0.3, 0.4) is 0 Å². The second kappa shape index (κ2) is 17.6. The van der Waals surface area contributed by atoms with E-state index in [-0.39, 0.29) is 42.5 Å². The molecule has 9 rings (SSSR count). The number of thiazole rings is 1. The summed E-state index contributed by atoms with van der Waals surface area (Å²) in [6, 6.07) is 24.5. The largest absolute Gasteiger partial charge is 0.507 e. The maximum atomic E-state index is 14.3. The molecule has 0 aliphatic carbocycles. The molecule has 6 heterocycles. The summed E-state index contributed by atoms with van der Waals surface area (Å²) >= 11 is 1.60. The number of carbonyl (C=O) groups excluding carboxylic acids is 2.